The van der Waals surface area contributed by atoms with Crippen molar-refractivity contribution in [2.75, 3.05) is 6.26 Å². The average molecular weight is 191 g/mol. The van der Waals surface area contributed by atoms with E-state index in [9.17, 15) is 4.39 Å². The van der Waals surface area contributed by atoms with Gasteiger partial charge in [-0.3, -0.25) is 0 Å². The Bertz CT molecular complexity index is 276. The lowest BCUT2D eigenvalue weighted by Gasteiger charge is -2.04. The zero-order chi connectivity index (χ0) is 8.43. The summed E-state index contributed by atoms with van der Waals surface area (Å²) in [6, 6.07) is 4.67. The normalized spacial score (nSPS) is 13.0. The molecule has 0 radical (unpaired) electrons. The van der Waals surface area contributed by atoms with E-state index in [1.165, 1.54) is 6.07 Å². The van der Waals surface area contributed by atoms with E-state index in [4.69, 9.17) is 11.6 Å². The van der Waals surface area contributed by atoms with Crippen molar-refractivity contribution >= 4 is 28.0 Å². The quantitative estimate of drug-likeness (QED) is 0.597. The molecule has 0 N–H and O–H groups in total. The monoisotopic (exact) mass is 190 g/mol. The number of rotatable bonds is 1. The Morgan fingerprint density at radius 1 is 1.55 bits per heavy atom. The van der Waals surface area contributed by atoms with Crippen molar-refractivity contribution < 1.29 is 4.39 Å². The Hall–Kier alpha value is -0.340. The summed E-state index contributed by atoms with van der Waals surface area (Å²) in [7, 11) is -0.359. The zero-order valence-corrected chi connectivity index (χ0v) is 7.68. The Labute approximate surface area is 72.9 Å². The molecule has 0 aliphatic rings. The molecule has 0 aromatic heterocycles. The van der Waals surface area contributed by atoms with Crippen LogP contribution < -0.4 is 0 Å². The Kier molecular flexibility index (Phi) is 2.68. The van der Waals surface area contributed by atoms with Crippen LogP contribution in [0.25, 0.3) is 0 Å². The highest BCUT2D eigenvalue weighted by Gasteiger charge is 2.05. The van der Waals surface area contributed by atoms with Gasteiger partial charge in [-0.15, -0.1) is 0 Å². The summed E-state index contributed by atoms with van der Waals surface area (Å²) in [5.74, 6) is 3.47. The van der Waals surface area contributed by atoms with Gasteiger partial charge in [0.1, 0.15) is 5.82 Å². The van der Waals surface area contributed by atoms with Crippen LogP contribution in [-0.2, 0) is 0 Å². The third kappa shape index (κ3) is 1.82. The molecule has 1 rings (SSSR count). The van der Waals surface area contributed by atoms with Crippen molar-refractivity contribution in [1.82, 2.24) is 0 Å². The molecule has 0 aliphatic heterocycles. The van der Waals surface area contributed by atoms with E-state index >= 15 is 0 Å². The van der Waals surface area contributed by atoms with Crippen LogP contribution in [0, 0.1) is 5.82 Å². The van der Waals surface area contributed by atoms with Gasteiger partial charge in [-0.2, -0.15) is 10.5 Å². The van der Waals surface area contributed by atoms with E-state index in [-0.39, 0.29) is 16.3 Å². The summed E-state index contributed by atoms with van der Waals surface area (Å²) in [4.78, 5) is 0.522. The highest BCUT2D eigenvalue weighted by molar-refractivity contribution is 8.13. The molecule has 1 aromatic rings. The summed E-state index contributed by atoms with van der Waals surface area (Å²) < 4.78 is 13.0. The Morgan fingerprint density at radius 3 is 2.55 bits per heavy atom. The molecule has 0 spiro atoms. The van der Waals surface area contributed by atoms with Crippen LogP contribution in [0.2, 0.25) is 5.02 Å². The van der Waals surface area contributed by atoms with Crippen molar-refractivity contribution in [1.29, 1.82) is 0 Å². The fraction of sp³-hybridized carbons (Fsp3) is 0.125. The van der Waals surface area contributed by atoms with Crippen molar-refractivity contribution in [3.63, 3.8) is 0 Å². The molecule has 60 valence electrons. The predicted octanol–water partition coefficient (Wildman–Crippen LogP) is 3.17. The van der Waals surface area contributed by atoms with Crippen LogP contribution in [0.4, 0.5) is 4.39 Å². The van der Waals surface area contributed by atoms with Crippen molar-refractivity contribution in [2.45, 2.75) is 4.90 Å². The molecular formula is C8H8ClFS. The lowest BCUT2D eigenvalue weighted by Crippen LogP contribution is -1.82. The van der Waals surface area contributed by atoms with Crippen LogP contribution in [0.1, 0.15) is 0 Å². The smallest absolute Gasteiger partial charge is 0.137 e. The van der Waals surface area contributed by atoms with E-state index in [1.807, 2.05) is 6.26 Å². The minimum Gasteiger partial charge on any atom is -0.206 e. The van der Waals surface area contributed by atoms with E-state index in [0.29, 0.717) is 9.92 Å². The minimum absolute atomic E-state index is 0.265. The molecule has 0 heterocycles. The Morgan fingerprint density at radius 2 is 2.18 bits per heavy atom. The van der Waals surface area contributed by atoms with E-state index in [1.54, 1.807) is 12.1 Å². The molecule has 0 saturated heterocycles. The summed E-state index contributed by atoms with van der Waals surface area (Å²) in [6.07, 6.45) is 1.84. The second kappa shape index (κ2) is 3.37. The van der Waals surface area contributed by atoms with Gasteiger partial charge in [-0.05, 0) is 18.4 Å². The van der Waals surface area contributed by atoms with E-state index < -0.39 is 0 Å². The maximum absolute atomic E-state index is 13.0. The van der Waals surface area contributed by atoms with Gasteiger partial charge in [0, 0.05) is 0 Å². The summed E-state index contributed by atoms with van der Waals surface area (Å²) in [5.41, 5.74) is 0. The zero-order valence-electron chi connectivity index (χ0n) is 6.10. The van der Waals surface area contributed by atoms with Crippen LogP contribution in [0.5, 0.6) is 0 Å². The fourth-order valence-electron chi connectivity index (χ4n) is 0.815. The van der Waals surface area contributed by atoms with Crippen LogP contribution >= 0.6 is 22.1 Å². The number of hydrogen-bond donors (Lipinski definition) is 0. The molecule has 3 heteroatoms. The molecule has 0 nitrogen and oxygen atoms in total. The number of halogens is 2. The molecule has 0 fully saturated rings. The lowest BCUT2D eigenvalue weighted by molar-refractivity contribution is 0.602. The molecule has 0 amide bonds. The lowest BCUT2D eigenvalue weighted by atomic mass is 10.3. The fourth-order valence-corrected chi connectivity index (χ4v) is 2.18. The first-order chi connectivity index (χ1) is 5.13. The largest absolute Gasteiger partial charge is 0.206 e. The first-order valence-corrected chi connectivity index (χ1v) is 5.20. The molecular weight excluding hydrogens is 183 g/mol. The number of hydrogen-bond acceptors (Lipinski definition) is 0. The van der Waals surface area contributed by atoms with Gasteiger partial charge in [0.25, 0.3) is 0 Å². The van der Waals surface area contributed by atoms with Gasteiger partial charge in [0.2, 0.25) is 0 Å². The predicted molar refractivity (Wildman–Crippen MR) is 50.3 cm³/mol. The Balaban J connectivity index is 3.32. The summed E-state index contributed by atoms with van der Waals surface area (Å²) in [5, 5.41) is 0.464. The van der Waals surface area contributed by atoms with Gasteiger partial charge in [-0.25, -0.2) is 4.39 Å². The van der Waals surface area contributed by atoms with Crippen LogP contribution in [0.15, 0.2) is 23.1 Å². The van der Waals surface area contributed by atoms with Crippen molar-refractivity contribution in [3.8, 4) is 0 Å². The standard InChI is InChI=1S/C8H8ClFS/c1-11(2)8-6(9)4-3-5-7(8)10/h3-5H,1H2,2H3. The van der Waals surface area contributed by atoms with Gasteiger partial charge in [0.15, 0.2) is 0 Å². The molecule has 11 heavy (non-hydrogen) atoms. The van der Waals surface area contributed by atoms with Gasteiger partial charge < -0.3 is 0 Å². The maximum atomic E-state index is 13.0. The van der Waals surface area contributed by atoms with Gasteiger partial charge >= 0.3 is 0 Å². The first-order valence-electron chi connectivity index (χ1n) is 3.02. The molecule has 1 unspecified atom stereocenters. The molecule has 0 bridgehead atoms. The topological polar surface area (TPSA) is 0 Å². The molecule has 0 aliphatic carbocycles. The molecule has 0 saturated carbocycles. The average Bonchev–Trinajstić information content (AvgIpc) is 1.85. The summed E-state index contributed by atoms with van der Waals surface area (Å²) in [6.45, 7) is 0. The van der Waals surface area contributed by atoms with E-state index in [2.05, 4.69) is 5.87 Å². The highest BCUT2D eigenvalue weighted by Crippen LogP contribution is 2.31. The maximum Gasteiger partial charge on any atom is 0.137 e. The van der Waals surface area contributed by atoms with Crippen LogP contribution in [0.3, 0.4) is 0 Å². The van der Waals surface area contributed by atoms with Crippen molar-refractivity contribution in [2.24, 2.45) is 0 Å². The van der Waals surface area contributed by atoms with Crippen molar-refractivity contribution in [3.05, 3.63) is 29.0 Å². The first kappa shape index (κ1) is 8.75. The molecule has 1 atom stereocenters. The third-order valence-corrected chi connectivity index (χ3v) is 2.81. The van der Waals surface area contributed by atoms with Gasteiger partial charge in [0.05, 0.1) is 9.92 Å². The SMILES string of the molecule is C=S(C)c1c(F)cccc1Cl. The second-order valence-corrected chi connectivity index (χ2v) is 4.28. The summed E-state index contributed by atoms with van der Waals surface area (Å²) >= 11 is 5.75. The third-order valence-electron chi connectivity index (χ3n) is 1.27. The molecule has 1 aromatic carbocycles. The number of benzene rings is 1. The van der Waals surface area contributed by atoms with E-state index in [0.717, 1.165) is 0 Å². The van der Waals surface area contributed by atoms with Gasteiger partial charge in [-0.1, -0.05) is 23.5 Å². The van der Waals surface area contributed by atoms with Crippen LogP contribution in [-0.4, -0.2) is 12.1 Å². The minimum atomic E-state index is -0.359. The second-order valence-electron chi connectivity index (χ2n) is 2.19. The highest BCUT2D eigenvalue weighted by atomic mass is 35.5.